The van der Waals surface area contributed by atoms with Crippen molar-refractivity contribution in [3.05, 3.63) is 119 Å². The summed E-state index contributed by atoms with van der Waals surface area (Å²) in [5.74, 6) is 1.22. The molecule has 47 heavy (non-hydrogen) atoms. The minimum atomic E-state index is -0.497. The molecule has 0 saturated heterocycles. The van der Waals surface area contributed by atoms with Gasteiger partial charge in [-0.25, -0.2) is 9.59 Å². The Morgan fingerprint density at radius 3 is 1.28 bits per heavy atom. The summed E-state index contributed by atoms with van der Waals surface area (Å²) in [6.45, 7) is 4.43. The van der Waals surface area contributed by atoms with E-state index >= 15 is 0 Å². The topological polar surface area (TPSA) is 76.7 Å². The average molecular weight is 635 g/mol. The molecule has 2 N–H and O–H groups in total. The van der Waals surface area contributed by atoms with E-state index in [2.05, 4.69) is 24.5 Å². The lowest BCUT2D eigenvalue weighted by Gasteiger charge is -2.12. The van der Waals surface area contributed by atoms with Gasteiger partial charge < -0.3 is 9.47 Å². The van der Waals surface area contributed by atoms with E-state index in [1.807, 2.05) is 97.1 Å². The van der Waals surface area contributed by atoms with Crippen LogP contribution >= 0.6 is 0 Å². The molecule has 0 unspecified atom stereocenters. The van der Waals surface area contributed by atoms with Gasteiger partial charge in [0.25, 0.3) is 0 Å². The summed E-state index contributed by atoms with van der Waals surface area (Å²) in [6, 6.07) is 31.0. The Morgan fingerprint density at radius 2 is 0.872 bits per heavy atom. The predicted octanol–water partition coefficient (Wildman–Crippen LogP) is 11.5. The summed E-state index contributed by atoms with van der Waals surface area (Å²) in [6.07, 6.45) is 13.5. The molecule has 0 fully saturated rings. The number of amides is 2. The number of benzene rings is 4. The van der Waals surface area contributed by atoms with Crippen molar-refractivity contribution in [1.29, 1.82) is 0 Å². The standard InChI is InChI=1S/C41H50N2O4/c1-3-5-7-9-11-17-34-19-13-15-21-38(34)46-40(44)42-36-27-23-32(24-28-36)31-33-25-29-37(30-26-33)43-41(45)47-39-22-16-14-20-35(39)18-12-10-8-6-4-2/h13-16,19-30H,3-12,17-18,31H2,1-2H3,(H,42,44)(H,43,45). The zero-order valence-corrected chi connectivity index (χ0v) is 28.1. The van der Waals surface area contributed by atoms with E-state index in [1.165, 1.54) is 51.4 Å². The molecule has 0 spiro atoms. The molecule has 0 atom stereocenters. The smallest absolute Gasteiger partial charge is 0.410 e. The molecule has 2 amide bonds. The average Bonchev–Trinajstić information content (AvgIpc) is 3.08. The maximum atomic E-state index is 12.7. The lowest BCUT2D eigenvalue weighted by atomic mass is 10.0. The fraction of sp³-hybridized carbons (Fsp3) is 0.366. The minimum Gasteiger partial charge on any atom is -0.410 e. The third-order valence-electron chi connectivity index (χ3n) is 8.26. The Kier molecular flexibility index (Phi) is 14.9. The molecule has 0 radical (unpaired) electrons. The van der Waals surface area contributed by atoms with Crippen LogP contribution in [-0.2, 0) is 19.3 Å². The van der Waals surface area contributed by atoms with E-state index in [0.717, 1.165) is 47.9 Å². The van der Waals surface area contributed by atoms with Gasteiger partial charge in [-0.2, -0.15) is 0 Å². The maximum Gasteiger partial charge on any atom is 0.417 e. The number of carbonyl (C=O) groups is 2. The van der Waals surface area contributed by atoms with Crippen molar-refractivity contribution in [1.82, 2.24) is 0 Å². The summed E-state index contributed by atoms with van der Waals surface area (Å²) >= 11 is 0. The summed E-state index contributed by atoms with van der Waals surface area (Å²) in [4.78, 5) is 25.3. The first-order chi connectivity index (χ1) is 23.0. The Balaban J connectivity index is 1.22. The SMILES string of the molecule is CCCCCCCc1ccccc1OC(=O)Nc1ccc(Cc2ccc(NC(=O)Oc3ccccc3CCCCCCC)cc2)cc1. The van der Waals surface area contributed by atoms with Crippen molar-refractivity contribution in [3.8, 4) is 11.5 Å². The van der Waals surface area contributed by atoms with Crippen LogP contribution in [0.2, 0.25) is 0 Å². The van der Waals surface area contributed by atoms with Gasteiger partial charge in [-0.3, -0.25) is 10.6 Å². The molecule has 0 aliphatic heterocycles. The Morgan fingerprint density at radius 1 is 0.489 bits per heavy atom. The van der Waals surface area contributed by atoms with Crippen molar-refractivity contribution in [3.63, 3.8) is 0 Å². The number of hydrogen-bond acceptors (Lipinski definition) is 4. The van der Waals surface area contributed by atoms with Gasteiger partial charge in [-0.15, -0.1) is 0 Å². The molecule has 4 aromatic rings. The summed E-state index contributed by atoms with van der Waals surface area (Å²) in [5.41, 5.74) is 5.66. The van der Waals surface area contributed by atoms with E-state index < -0.39 is 12.2 Å². The number of nitrogens with one attached hydrogen (secondary N) is 2. The number of rotatable bonds is 18. The molecule has 4 rings (SSSR count). The first-order valence-corrected chi connectivity index (χ1v) is 17.4. The van der Waals surface area contributed by atoms with E-state index in [4.69, 9.17) is 9.47 Å². The van der Waals surface area contributed by atoms with Gasteiger partial charge in [0.2, 0.25) is 0 Å². The van der Waals surface area contributed by atoms with Crippen molar-refractivity contribution >= 4 is 23.6 Å². The van der Waals surface area contributed by atoms with Gasteiger partial charge >= 0.3 is 12.2 Å². The van der Waals surface area contributed by atoms with E-state index in [1.54, 1.807) is 0 Å². The molecule has 6 nitrogen and oxygen atoms in total. The lowest BCUT2D eigenvalue weighted by Crippen LogP contribution is -2.17. The third-order valence-corrected chi connectivity index (χ3v) is 8.26. The highest BCUT2D eigenvalue weighted by molar-refractivity contribution is 5.87. The second-order valence-corrected chi connectivity index (χ2v) is 12.1. The third kappa shape index (κ3) is 12.6. The van der Waals surface area contributed by atoms with Crippen LogP contribution in [0.1, 0.15) is 100 Å². The Bertz CT molecular complexity index is 1400. The molecule has 4 aromatic carbocycles. The number of ether oxygens (including phenoxy) is 2. The summed E-state index contributed by atoms with van der Waals surface area (Å²) < 4.78 is 11.3. The van der Waals surface area contributed by atoms with Gasteiger partial charge in [-0.05, 0) is 90.8 Å². The zero-order chi connectivity index (χ0) is 33.1. The number of hydrogen-bond donors (Lipinski definition) is 2. The first-order valence-electron chi connectivity index (χ1n) is 17.4. The zero-order valence-electron chi connectivity index (χ0n) is 28.1. The van der Waals surface area contributed by atoms with Crippen LogP contribution in [0, 0.1) is 0 Å². The highest BCUT2D eigenvalue weighted by Gasteiger charge is 2.11. The van der Waals surface area contributed by atoms with E-state index in [0.29, 0.717) is 29.3 Å². The number of para-hydroxylation sites is 2. The Hall–Kier alpha value is -4.58. The Labute approximate surface area is 280 Å². The highest BCUT2D eigenvalue weighted by Crippen LogP contribution is 2.24. The fourth-order valence-electron chi connectivity index (χ4n) is 5.59. The minimum absolute atomic E-state index is 0.497. The van der Waals surface area contributed by atoms with Crippen molar-refractivity contribution in [2.45, 2.75) is 97.3 Å². The van der Waals surface area contributed by atoms with E-state index in [9.17, 15) is 9.59 Å². The number of aryl methyl sites for hydroxylation is 2. The summed E-state index contributed by atoms with van der Waals surface area (Å²) in [7, 11) is 0. The van der Waals surface area contributed by atoms with Crippen LogP contribution in [0.3, 0.4) is 0 Å². The van der Waals surface area contributed by atoms with Gasteiger partial charge in [0.05, 0.1) is 0 Å². The van der Waals surface area contributed by atoms with Crippen LogP contribution < -0.4 is 20.1 Å². The molecule has 0 aromatic heterocycles. The van der Waals surface area contributed by atoms with Crippen molar-refractivity contribution in [2.75, 3.05) is 10.6 Å². The normalized spacial score (nSPS) is 10.8. The van der Waals surface area contributed by atoms with Gasteiger partial charge in [0.1, 0.15) is 11.5 Å². The van der Waals surface area contributed by atoms with Gasteiger partial charge in [0.15, 0.2) is 0 Å². The van der Waals surface area contributed by atoms with Crippen LogP contribution in [-0.4, -0.2) is 12.2 Å². The van der Waals surface area contributed by atoms with Crippen molar-refractivity contribution in [2.24, 2.45) is 0 Å². The van der Waals surface area contributed by atoms with Gasteiger partial charge in [0, 0.05) is 11.4 Å². The number of unbranched alkanes of at least 4 members (excludes halogenated alkanes) is 8. The molecule has 0 aliphatic rings. The molecule has 0 bridgehead atoms. The monoisotopic (exact) mass is 634 g/mol. The van der Waals surface area contributed by atoms with Crippen LogP contribution in [0.5, 0.6) is 11.5 Å². The molecule has 0 aliphatic carbocycles. The van der Waals surface area contributed by atoms with Crippen LogP contribution in [0.4, 0.5) is 21.0 Å². The fourth-order valence-corrected chi connectivity index (χ4v) is 5.59. The molecular weight excluding hydrogens is 584 g/mol. The first kappa shape index (κ1) is 35.3. The highest BCUT2D eigenvalue weighted by atomic mass is 16.6. The number of carbonyl (C=O) groups excluding carboxylic acids is 2. The van der Waals surface area contributed by atoms with Crippen molar-refractivity contribution < 1.29 is 19.1 Å². The molecule has 0 heterocycles. The molecule has 6 heteroatoms. The lowest BCUT2D eigenvalue weighted by molar-refractivity contribution is 0.213. The van der Waals surface area contributed by atoms with E-state index in [-0.39, 0.29) is 0 Å². The molecule has 248 valence electrons. The molecule has 0 saturated carbocycles. The largest absolute Gasteiger partial charge is 0.417 e. The van der Waals surface area contributed by atoms with Crippen LogP contribution in [0.15, 0.2) is 97.1 Å². The number of anilines is 2. The maximum absolute atomic E-state index is 12.7. The van der Waals surface area contributed by atoms with Crippen LogP contribution in [0.25, 0.3) is 0 Å². The summed E-state index contributed by atoms with van der Waals surface area (Å²) in [5, 5.41) is 5.69. The van der Waals surface area contributed by atoms with Gasteiger partial charge in [-0.1, -0.05) is 126 Å². The second kappa shape index (κ2) is 19.8. The predicted molar refractivity (Wildman–Crippen MR) is 193 cm³/mol. The quantitative estimate of drug-likeness (QED) is 0.107. The molecular formula is C41H50N2O4. The second-order valence-electron chi connectivity index (χ2n) is 12.1.